The first-order valence-corrected chi connectivity index (χ1v) is 7.73. The van der Waals surface area contributed by atoms with Crippen molar-refractivity contribution in [3.05, 3.63) is 65.1 Å². The normalized spacial score (nSPS) is 15.7. The lowest BCUT2D eigenvalue weighted by molar-refractivity contribution is 0.178. The fourth-order valence-corrected chi connectivity index (χ4v) is 3.31. The molecule has 3 heterocycles. The van der Waals surface area contributed by atoms with E-state index < -0.39 is 6.10 Å². The van der Waals surface area contributed by atoms with Gasteiger partial charge in [-0.2, -0.15) is 0 Å². The number of hydrogen-bond acceptors (Lipinski definition) is 3. The molecule has 0 radical (unpaired) electrons. The average molecular weight is 293 g/mol. The molecule has 1 atom stereocenters. The molecule has 4 heteroatoms. The fraction of sp³-hybridized carbons (Fsp3) is 0.278. The highest BCUT2D eigenvalue weighted by atomic mass is 16.3. The van der Waals surface area contributed by atoms with E-state index in [0.29, 0.717) is 6.42 Å². The molecular weight excluding hydrogens is 274 g/mol. The van der Waals surface area contributed by atoms with Crippen molar-refractivity contribution in [1.82, 2.24) is 15.3 Å². The van der Waals surface area contributed by atoms with Crippen LogP contribution in [0.2, 0.25) is 0 Å². The highest BCUT2D eigenvalue weighted by Gasteiger charge is 2.18. The molecule has 0 fully saturated rings. The number of rotatable bonds is 3. The molecule has 0 saturated heterocycles. The quantitative estimate of drug-likeness (QED) is 0.695. The number of aromatic nitrogens is 2. The Bertz CT molecular complexity index is 795. The van der Waals surface area contributed by atoms with Gasteiger partial charge in [0, 0.05) is 54.9 Å². The van der Waals surface area contributed by atoms with Gasteiger partial charge >= 0.3 is 0 Å². The molecule has 3 aromatic rings. The van der Waals surface area contributed by atoms with Crippen LogP contribution in [0.3, 0.4) is 0 Å². The molecule has 1 aliphatic rings. The average Bonchev–Trinajstić information content (AvgIpc) is 2.95. The van der Waals surface area contributed by atoms with Gasteiger partial charge in [-0.15, -0.1) is 0 Å². The molecule has 3 N–H and O–H groups in total. The van der Waals surface area contributed by atoms with Crippen molar-refractivity contribution in [3.63, 3.8) is 0 Å². The summed E-state index contributed by atoms with van der Waals surface area (Å²) in [5.74, 6) is 0. The number of aromatic amines is 1. The number of aliphatic hydroxyl groups is 1. The van der Waals surface area contributed by atoms with Gasteiger partial charge in [-0.3, -0.25) is 4.98 Å². The third-order valence-electron chi connectivity index (χ3n) is 4.47. The maximum absolute atomic E-state index is 10.5. The number of nitrogens with zero attached hydrogens (tertiary/aromatic N) is 1. The van der Waals surface area contributed by atoms with Crippen LogP contribution in [0.4, 0.5) is 0 Å². The van der Waals surface area contributed by atoms with E-state index >= 15 is 0 Å². The third kappa shape index (κ3) is 2.30. The molecule has 0 aliphatic carbocycles. The number of pyridine rings is 1. The van der Waals surface area contributed by atoms with Gasteiger partial charge in [-0.05, 0) is 28.8 Å². The highest BCUT2D eigenvalue weighted by molar-refractivity contribution is 5.87. The molecule has 2 aromatic heterocycles. The van der Waals surface area contributed by atoms with Crippen molar-refractivity contribution in [1.29, 1.82) is 0 Å². The number of H-pyrrole nitrogens is 1. The summed E-state index contributed by atoms with van der Waals surface area (Å²) in [5, 5.41) is 15.2. The first-order valence-electron chi connectivity index (χ1n) is 7.73. The van der Waals surface area contributed by atoms with Crippen molar-refractivity contribution in [2.75, 3.05) is 6.54 Å². The number of benzene rings is 1. The van der Waals surface area contributed by atoms with E-state index in [0.717, 1.165) is 30.6 Å². The standard InChI is InChI=1S/C18H19N3O/c22-17(12-4-7-19-8-5-12)10-13-2-1-3-14-15-11-20-9-6-16(15)21-18(13)14/h1-5,7-8,17,20-22H,6,9-11H2. The SMILES string of the molecule is OC(Cc1cccc2c3c([nH]c12)CCNC3)c1ccncc1. The van der Waals surface area contributed by atoms with Gasteiger partial charge in [-0.25, -0.2) is 0 Å². The van der Waals surface area contributed by atoms with E-state index in [2.05, 4.69) is 33.5 Å². The van der Waals surface area contributed by atoms with E-state index in [-0.39, 0.29) is 0 Å². The smallest absolute Gasteiger partial charge is 0.0832 e. The molecule has 0 amide bonds. The van der Waals surface area contributed by atoms with Crippen molar-refractivity contribution in [2.24, 2.45) is 0 Å². The van der Waals surface area contributed by atoms with Crippen LogP contribution in [0.25, 0.3) is 10.9 Å². The summed E-state index contributed by atoms with van der Waals surface area (Å²) in [6.07, 6.45) is 4.58. The molecule has 1 aromatic carbocycles. The molecule has 22 heavy (non-hydrogen) atoms. The van der Waals surface area contributed by atoms with Crippen LogP contribution in [-0.4, -0.2) is 21.6 Å². The van der Waals surface area contributed by atoms with Crippen molar-refractivity contribution >= 4 is 10.9 Å². The van der Waals surface area contributed by atoms with E-state index in [9.17, 15) is 5.11 Å². The third-order valence-corrected chi connectivity index (χ3v) is 4.47. The van der Waals surface area contributed by atoms with E-state index in [1.165, 1.54) is 22.2 Å². The molecule has 1 unspecified atom stereocenters. The van der Waals surface area contributed by atoms with Crippen molar-refractivity contribution in [3.8, 4) is 0 Å². The van der Waals surface area contributed by atoms with Gasteiger partial charge in [0.1, 0.15) is 0 Å². The molecule has 0 spiro atoms. The van der Waals surface area contributed by atoms with Crippen LogP contribution >= 0.6 is 0 Å². The Morgan fingerprint density at radius 1 is 1.18 bits per heavy atom. The molecule has 112 valence electrons. The van der Waals surface area contributed by atoms with Crippen LogP contribution in [0.15, 0.2) is 42.7 Å². The second kappa shape index (κ2) is 5.55. The first-order chi connectivity index (χ1) is 10.8. The zero-order valence-corrected chi connectivity index (χ0v) is 12.3. The number of fused-ring (bicyclic) bond motifs is 3. The Labute approximate surface area is 129 Å². The summed E-state index contributed by atoms with van der Waals surface area (Å²) in [5.41, 5.74) is 5.95. The Kier molecular flexibility index (Phi) is 3.41. The van der Waals surface area contributed by atoms with E-state index in [1.807, 2.05) is 12.1 Å². The minimum absolute atomic E-state index is 0.507. The first kappa shape index (κ1) is 13.5. The van der Waals surface area contributed by atoms with Crippen LogP contribution in [0.5, 0.6) is 0 Å². The van der Waals surface area contributed by atoms with Gasteiger partial charge in [-0.1, -0.05) is 18.2 Å². The zero-order valence-electron chi connectivity index (χ0n) is 12.3. The largest absolute Gasteiger partial charge is 0.388 e. The number of hydrogen-bond donors (Lipinski definition) is 3. The Morgan fingerprint density at radius 3 is 2.91 bits per heavy atom. The zero-order chi connectivity index (χ0) is 14.9. The van der Waals surface area contributed by atoms with Crippen LogP contribution in [-0.2, 0) is 19.4 Å². The number of aliphatic hydroxyl groups excluding tert-OH is 1. The van der Waals surface area contributed by atoms with Gasteiger partial charge in [0.15, 0.2) is 0 Å². The van der Waals surface area contributed by atoms with E-state index in [4.69, 9.17) is 0 Å². The lowest BCUT2D eigenvalue weighted by atomic mass is 9.99. The fourth-order valence-electron chi connectivity index (χ4n) is 3.31. The Hall–Kier alpha value is -2.17. The monoisotopic (exact) mass is 293 g/mol. The lowest BCUT2D eigenvalue weighted by Gasteiger charge is -2.12. The molecule has 4 nitrogen and oxygen atoms in total. The van der Waals surface area contributed by atoms with Gasteiger partial charge in [0.25, 0.3) is 0 Å². The van der Waals surface area contributed by atoms with Crippen LogP contribution < -0.4 is 5.32 Å². The molecule has 1 aliphatic heterocycles. The molecule has 0 saturated carbocycles. The van der Waals surface area contributed by atoms with Crippen LogP contribution in [0, 0.1) is 0 Å². The molecular formula is C18H19N3O. The number of para-hydroxylation sites is 1. The predicted molar refractivity (Wildman–Crippen MR) is 86.6 cm³/mol. The maximum atomic E-state index is 10.5. The van der Waals surface area contributed by atoms with Crippen molar-refractivity contribution < 1.29 is 5.11 Å². The van der Waals surface area contributed by atoms with Crippen molar-refractivity contribution in [2.45, 2.75) is 25.5 Å². The molecule has 0 bridgehead atoms. The van der Waals surface area contributed by atoms with Gasteiger partial charge < -0.3 is 15.4 Å². The summed E-state index contributed by atoms with van der Waals surface area (Å²) < 4.78 is 0. The highest BCUT2D eigenvalue weighted by Crippen LogP contribution is 2.29. The summed E-state index contributed by atoms with van der Waals surface area (Å²) in [4.78, 5) is 7.58. The number of nitrogens with one attached hydrogen (secondary N) is 2. The Balaban J connectivity index is 1.71. The van der Waals surface area contributed by atoms with Crippen LogP contribution in [0.1, 0.15) is 28.5 Å². The summed E-state index contributed by atoms with van der Waals surface area (Å²) >= 11 is 0. The van der Waals surface area contributed by atoms with Gasteiger partial charge in [0.2, 0.25) is 0 Å². The summed E-state index contributed by atoms with van der Waals surface area (Å²) in [7, 11) is 0. The summed E-state index contributed by atoms with van der Waals surface area (Å²) in [6, 6.07) is 10.1. The second-order valence-electron chi connectivity index (χ2n) is 5.85. The van der Waals surface area contributed by atoms with Gasteiger partial charge in [0.05, 0.1) is 6.10 Å². The lowest BCUT2D eigenvalue weighted by Crippen LogP contribution is -2.22. The second-order valence-corrected chi connectivity index (χ2v) is 5.85. The molecule has 4 rings (SSSR count). The minimum atomic E-state index is -0.507. The minimum Gasteiger partial charge on any atom is -0.388 e. The maximum Gasteiger partial charge on any atom is 0.0832 e. The Morgan fingerprint density at radius 2 is 2.05 bits per heavy atom. The predicted octanol–water partition coefficient (Wildman–Crippen LogP) is 2.48. The van der Waals surface area contributed by atoms with E-state index in [1.54, 1.807) is 12.4 Å². The topological polar surface area (TPSA) is 60.9 Å². The summed E-state index contributed by atoms with van der Waals surface area (Å²) in [6.45, 7) is 1.94.